The van der Waals surface area contributed by atoms with E-state index in [0.717, 1.165) is 0 Å². The highest BCUT2D eigenvalue weighted by Crippen LogP contribution is 2.37. The lowest BCUT2D eigenvalue weighted by Crippen LogP contribution is -2.52. The molecule has 1 aromatic heterocycles. The Labute approximate surface area is 127 Å². The first-order chi connectivity index (χ1) is 10.1. The van der Waals surface area contributed by atoms with Crippen LogP contribution in [-0.4, -0.2) is 21.9 Å². The second-order valence-electron chi connectivity index (χ2n) is 5.38. The molecule has 2 aliphatic heterocycles. The summed E-state index contributed by atoms with van der Waals surface area (Å²) in [4.78, 5) is 22.9. The lowest BCUT2D eigenvalue weighted by molar-refractivity contribution is -0.117. The van der Waals surface area contributed by atoms with Gasteiger partial charge in [-0.3, -0.25) is 4.79 Å². The van der Waals surface area contributed by atoms with Crippen molar-refractivity contribution in [3.8, 4) is 0 Å². The maximum Gasteiger partial charge on any atom is 0.247 e. The molecule has 0 radical (unpaired) electrons. The van der Waals surface area contributed by atoms with Crippen LogP contribution in [0.25, 0.3) is 0 Å². The Morgan fingerprint density at radius 1 is 1.29 bits per heavy atom. The number of rotatable bonds is 0. The molecule has 0 spiro atoms. The smallest absolute Gasteiger partial charge is 0.247 e. The van der Waals surface area contributed by atoms with E-state index in [0.29, 0.717) is 30.2 Å². The fraction of sp³-hybridized carbons (Fsp3) is 0.267. The molecule has 1 amide bonds. The van der Waals surface area contributed by atoms with Crippen molar-refractivity contribution in [1.29, 1.82) is 0 Å². The number of amides is 1. The normalized spacial score (nSPS) is 19.4. The average molecular weight is 301 g/mol. The molecule has 1 atom stereocenters. The van der Waals surface area contributed by atoms with Gasteiger partial charge in [-0.05, 0) is 29.7 Å². The van der Waals surface area contributed by atoms with Crippen molar-refractivity contribution in [2.45, 2.75) is 25.9 Å². The van der Waals surface area contributed by atoms with E-state index in [-0.39, 0.29) is 17.2 Å². The van der Waals surface area contributed by atoms with Gasteiger partial charge >= 0.3 is 0 Å². The molecule has 1 N–H and O–H groups in total. The van der Waals surface area contributed by atoms with Gasteiger partial charge in [0.2, 0.25) is 11.2 Å². The highest BCUT2D eigenvalue weighted by molar-refractivity contribution is 6.28. The number of nitrogens with zero attached hydrogens (tertiary/aromatic N) is 3. The van der Waals surface area contributed by atoms with Crippen LogP contribution in [0, 0.1) is 6.92 Å². The molecule has 1 aromatic carbocycles. The molecule has 6 heteroatoms. The first-order valence-corrected chi connectivity index (χ1v) is 7.19. The van der Waals surface area contributed by atoms with E-state index in [2.05, 4.69) is 27.4 Å². The van der Waals surface area contributed by atoms with Crippen molar-refractivity contribution in [2.24, 2.45) is 0 Å². The van der Waals surface area contributed by atoms with Gasteiger partial charge in [0, 0.05) is 13.0 Å². The zero-order valence-electron chi connectivity index (χ0n) is 11.4. The van der Waals surface area contributed by atoms with Crippen molar-refractivity contribution in [2.75, 3.05) is 10.2 Å². The third-order valence-corrected chi connectivity index (χ3v) is 4.28. The third-order valence-electron chi connectivity index (χ3n) is 4.11. The number of carbonyl (C=O) groups is 1. The Hall–Kier alpha value is -2.14. The third kappa shape index (κ3) is 1.88. The number of benzene rings is 1. The van der Waals surface area contributed by atoms with Gasteiger partial charge < -0.3 is 10.2 Å². The van der Waals surface area contributed by atoms with Crippen LogP contribution in [0.2, 0.25) is 5.28 Å². The summed E-state index contributed by atoms with van der Waals surface area (Å²) in [6.45, 7) is 2.49. The number of halogens is 1. The van der Waals surface area contributed by atoms with E-state index < -0.39 is 0 Å². The van der Waals surface area contributed by atoms with Crippen molar-refractivity contribution in [3.05, 3.63) is 46.4 Å². The predicted molar refractivity (Wildman–Crippen MR) is 80.5 cm³/mol. The molecule has 0 saturated carbocycles. The van der Waals surface area contributed by atoms with E-state index in [1.165, 1.54) is 11.1 Å². The summed E-state index contributed by atoms with van der Waals surface area (Å²) in [6, 6.07) is 7.95. The fourth-order valence-corrected chi connectivity index (χ4v) is 3.27. The van der Waals surface area contributed by atoms with Crippen LogP contribution in [0.15, 0.2) is 24.3 Å². The van der Waals surface area contributed by atoms with Crippen LogP contribution in [0.3, 0.4) is 0 Å². The summed E-state index contributed by atoms with van der Waals surface area (Å²) in [7, 11) is 0. The van der Waals surface area contributed by atoms with Gasteiger partial charge in [-0.25, -0.2) is 4.98 Å². The van der Waals surface area contributed by atoms with Gasteiger partial charge in [-0.15, -0.1) is 0 Å². The van der Waals surface area contributed by atoms with E-state index in [1.54, 1.807) is 0 Å². The number of anilines is 2. The van der Waals surface area contributed by atoms with Crippen LogP contribution < -0.4 is 10.2 Å². The number of hydrogen-bond donors (Lipinski definition) is 1. The van der Waals surface area contributed by atoms with Crippen molar-refractivity contribution < 1.29 is 4.79 Å². The Morgan fingerprint density at radius 3 is 2.86 bits per heavy atom. The largest absolute Gasteiger partial charge is 0.338 e. The summed E-state index contributed by atoms with van der Waals surface area (Å²) in [5.74, 6) is 0.706. The molecule has 21 heavy (non-hydrogen) atoms. The molecular formula is C15H13ClN4O. The Kier molecular flexibility index (Phi) is 2.65. The van der Waals surface area contributed by atoms with Gasteiger partial charge in [0.1, 0.15) is 11.7 Å². The minimum absolute atomic E-state index is 0.00831. The van der Waals surface area contributed by atoms with Gasteiger partial charge in [-0.2, -0.15) is 4.98 Å². The molecule has 0 aliphatic carbocycles. The number of hydrogen-bond acceptors (Lipinski definition) is 4. The van der Waals surface area contributed by atoms with Crippen LogP contribution in [0.1, 0.15) is 16.8 Å². The highest BCUT2D eigenvalue weighted by atomic mass is 35.5. The molecule has 0 saturated heterocycles. The quantitative estimate of drug-likeness (QED) is 0.759. The van der Waals surface area contributed by atoms with Crippen LogP contribution in [0.5, 0.6) is 0 Å². The van der Waals surface area contributed by atoms with Crippen LogP contribution in [-0.2, 0) is 17.8 Å². The van der Waals surface area contributed by atoms with E-state index in [1.807, 2.05) is 24.0 Å². The molecular weight excluding hydrogens is 288 g/mol. The van der Waals surface area contributed by atoms with Gasteiger partial charge in [0.15, 0.2) is 5.82 Å². The standard InChI is InChI=1S/C15H13ClN4O/c1-8-12-13(19-15(16)17-8)20-7-10-5-3-2-4-9(10)6-11(20)14(21)18-12/h2-5,11H,6-7H2,1H3,(H,18,21). The van der Waals surface area contributed by atoms with E-state index >= 15 is 0 Å². The summed E-state index contributed by atoms with van der Waals surface area (Å²) < 4.78 is 0. The monoisotopic (exact) mass is 300 g/mol. The van der Waals surface area contributed by atoms with E-state index in [9.17, 15) is 4.79 Å². The number of aromatic nitrogens is 2. The highest BCUT2D eigenvalue weighted by Gasteiger charge is 2.38. The first-order valence-electron chi connectivity index (χ1n) is 6.82. The molecule has 1 unspecified atom stereocenters. The molecule has 2 aromatic rings. The SMILES string of the molecule is Cc1nc(Cl)nc2c1NC(=O)C1Cc3ccccc3CN21. The Morgan fingerprint density at radius 2 is 2.05 bits per heavy atom. The molecule has 2 aliphatic rings. The maximum absolute atomic E-state index is 12.4. The molecule has 3 heterocycles. The maximum atomic E-state index is 12.4. The Balaban J connectivity index is 1.87. The summed E-state index contributed by atoms with van der Waals surface area (Å²) in [5, 5.41) is 3.13. The van der Waals surface area contributed by atoms with Crippen molar-refractivity contribution >= 4 is 29.0 Å². The summed E-state index contributed by atoms with van der Waals surface area (Å²) in [5.41, 5.74) is 3.80. The minimum Gasteiger partial charge on any atom is -0.338 e. The van der Waals surface area contributed by atoms with Gasteiger partial charge in [0.05, 0.1) is 5.69 Å². The molecule has 0 fully saturated rings. The van der Waals surface area contributed by atoms with E-state index in [4.69, 9.17) is 11.6 Å². The molecule has 0 bridgehead atoms. The second kappa shape index (κ2) is 4.43. The molecule has 106 valence electrons. The number of fused-ring (bicyclic) bond motifs is 4. The van der Waals surface area contributed by atoms with Crippen molar-refractivity contribution in [3.63, 3.8) is 0 Å². The lowest BCUT2D eigenvalue weighted by atomic mass is 9.92. The summed E-state index contributed by atoms with van der Waals surface area (Å²) in [6.07, 6.45) is 0.683. The van der Waals surface area contributed by atoms with Gasteiger partial charge in [-0.1, -0.05) is 24.3 Å². The predicted octanol–water partition coefficient (Wildman–Crippen LogP) is 2.32. The zero-order valence-corrected chi connectivity index (χ0v) is 12.2. The molecule has 5 nitrogen and oxygen atoms in total. The van der Waals surface area contributed by atoms with Crippen LogP contribution >= 0.6 is 11.6 Å². The number of aryl methyl sites for hydroxylation is 1. The lowest BCUT2D eigenvalue weighted by Gasteiger charge is -2.41. The number of nitrogens with one attached hydrogen (secondary N) is 1. The fourth-order valence-electron chi connectivity index (χ4n) is 3.06. The van der Waals surface area contributed by atoms with Crippen molar-refractivity contribution in [1.82, 2.24) is 9.97 Å². The Bertz CT molecular complexity index is 761. The second-order valence-corrected chi connectivity index (χ2v) is 5.72. The minimum atomic E-state index is -0.238. The first kappa shape index (κ1) is 12.6. The number of carbonyl (C=O) groups excluding carboxylic acids is 1. The van der Waals surface area contributed by atoms with Gasteiger partial charge in [0.25, 0.3) is 0 Å². The topological polar surface area (TPSA) is 58.1 Å². The summed E-state index contributed by atoms with van der Waals surface area (Å²) >= 11 is 5.99. The average Bonchev–Trinajstić information content (AvgIpc) is 2.47. The molecule has 4 rings (SSSR count). The zero-order chi connectivity index (χ0) is 14.6. The van der Waals surface area contributed by atoms with Crippen LogP contribution in [0.4, 0.5) is 11.5 Å².